The number of rotatable bonds is 5. The van der Waals surface area contributed by atoms with Gasteiger partial charge in [0, 0.05) is 26.4 Å². The maximum Gasteiger partial charge on any atom is 0.243 e. The van der Waals surface area contributed by atoms with Gasteiger partial charge in [0.2, 0.25) is 5.91 Å². The maximum absolute atomic E-state index is 11.9. The molecule has 0 aliphatic rings. The molecule has 0 heterocycles. The highest BCUT2D eigenvalue weighted by Crippen LogP contribution is 2.26. The molecule has 0 aliphatic heterocycles. The van der Waals surface area contributed by atoms with Crippen molar-refractivity contribution >= 4 is 49.1 Å². The van der Waals surface area contributed by atoms with Crippen LogP contribution in [0.5, 0.6) is 5.75 Å². The van der Waals surface area contributed by atoms with Gasteiger partial charge < -0.3 is 15.4 Å². The zero-order chi connectivity index (χ0) is 15.2. The third kappa shape index (κ3) is 4.75. The lowest BCUT2D eigenvalue weighted by atomic mass is 10.3. The van der Waals surface area contributed by atoms with Crippen LogP contribution in [0.3, 0.4) is 0 Å². The van der Waals surface area contributed by atoms with Crippen LogP contribution in [0.15, 0.2) is 51.4 Å². The molecule has 0 saturated carbocycles. The van der Waals surface area contributed by atoms with Gasteiger partial charge in [-0.15, -0.1) is 0 Å². The molecule has 4 nitrogen and oxygen atoms in total. The minimum atomic E-state index is -0.127. The predicted octanol–water partition coefficient (Wildman–Crippen LogP) is 4.27. The quantitative estimate of drug-likeness (QED) is 0.769. The molecule has 21 heavy (non-hydrogen) atoms. The highest BCUT2D eigenvalue weighted by Gasteiger charge is 2.05. The monoisotopic (exact) mass is 412 g/mol. The fourth-order valence-corrected chi connectivity index (χ4v) is 2.90. The van der Waals surface area contributed by atoms with Crippen molar-refractivity contribution in [3.05, 3.63) is 51.4 Å². The van der Waals surface area contributed by atoms with E-state index >= 15 is 0 Å². The molecule has 2 N–H and O–H groups in total. The molecule has 0 saturated heterocycles. The zero-order valence-electron chi connectivity index (χ0n) is 11.3. The number of carbonyl (C=O) groups excluding carboxylic acids is 1. The average molecular weight is 414 g/mol. The summed E-state index contributed by atoms with van der Waals surface area (Å²) < 4.78 is 6.98. The summed E-state index contributed by atoms with van der Waals surface area (Å²) in [4.78, 5) is 11.9. The molecule has 0 aliphatic carbocycles. The highest BCUT2D eigenvalue weighted by molar-refractivity contribution is 9.11. The van der Waals surface area contributed by atoms with Gasteiger partial charge in [-0.3, -0.25) is 4.79 Å². The van der Waals surface area contributed by atoms with Crippen molar-refractivity contribution < 1.29 is 9.53 Å². The first-order valence-corrected chi connectivity index (χ1v) is 7.80. The van der Waals surface area contributed by atoms with Crippen molar-refractivity contribution in [3.63, 3.8) is 0 Å². The van der Waals surface area contributed by atoms with Crippen molar-refractivity contribution in [2.24, 2.45) is 0 Å². The van der Waals surface area contributed by atoms with Gasteiger partial charge in [0.15, 0.2) is 0 Å². The fourth-order valence-electron chi connectivity index (χ4n) is 1.71. The number of anilines is 2. The Morgan fingerprint density at radius 1 is 1.19 bits per heavy atom. The van der Waals surface area contributed by atoms with Crippen molar-refractivity contribution in [1.82, 2.24) is 0 Å². The summed E-state index contributed by atoms with van der Waals surface area (Å²) in [7, 11) is 1.59. The molecule has 2 aromatic rings. The summed E-state index contributed by atoms with van der Waals surface area (Å²) in [6.45, 7) is 0.178. The summed E-state index contributed by atoms with van der Waals surface area (Å²) >= 11 is 6.83. The Hall–Kier alpha value is -1.53. The van der Waals surface area contributed by atoms with Gasteiger partial charge in [-0.2, -0.15) is 0 Å². The number of nitrogens with one attached hydrogen (secondary N) is 2. The fraction of sp³-hybridized carbons (Fsp3) is 0.133. The topological polar surface area (TPSA) is 50.4 Å². The number of methoxy groups -OCH3 is 1. The second-order valence-corrected chi connectivity index (χ2v) is 6.03. The van der Waals surface area contributed by atoms with Crippen LogP contribution in [-0.2, 0) is 4.79 Å². The number of ether oxygens (including phenoxy) is 1. The van der Waals surface area contributed by atoms with E-state index in [2.05, 4.69) is 42.5 Å². The van der Waals surface area contributed by atoms with E-state index in [4.69, 9.17) is 4.74 Å². The van der Waals surface area contributed by atoms with E-state index in [0.717, 1.165) is 14.6 Å². The van der Waals surface area contributed by atoms with Crippen LogP contribution in [0.2, 0.25) is 0 Å². The molecule has 0 unspecified atom stereocenters. The molecule has 2 rings (SSSR count). The molecular formula is C15H14Br2N2O2. The molecule has 110 valence electrons. The minimum Gasteiger partial charge on any atom is -0.497 e. The number of hydrogen-bond donors (Lipinski definition) is 2. The van der Waals surface area contributed by atoms with Gasteiger partial charge >= 0.3 is 0 Å². The standard InChI is InChI=1S/C15H14Br2N2O2/c1-21-12-4-2-3-11(8-12)19-15(20)9-18-14-6-5-10(16)7-13(14)17/h2-8,18H,9H2,1H3,(H,19,20). The smallest absolute Gasteiger partial charge is 0.243 e. The molecule has 0 fully saturated rings. The summed E-state index contributed by atoms with van der Waals surface area (Å²) in [5, 5.41) is 5.89. The van der Waals surface area contributed by atoms with Gasteiger partial charge in [-0.1, -0.05) is 22.0 Å². The largest absolute Gasteiger partial charge is 0.497 e. The van der Waals surface area contributed by atoms with E-state index in [-0.39, 0.29) is 12.5 Å². The minimum absolute atomic E-state index is 0.127. The second-order valence-electron chi connectivity index (χ2n) is 4.26. The van der Waals surface area contributed by atoms with Crippen molar-refractivity contribution in [2.45, 2.75) is 0 Å². The first kappa shape index (κ1) is 15.9. The van der Waals surface area contributed by atoms with Gasteiger partial charge in [0.1, 0.15) is 5.75 Å². The number of amides is 1. The predicted molar refractivity (Wildman–Crippen MR) is 92.0 cm³/mol. The highest BCUT2D eigenvalue weighted by atomic mass is 79.9. The van der Waals surface area contributed by atoms with E-state index in [1.807, 2.05) is 36.4 Å². The third-order valence-corrected chi connectivity index (χ3v) is 3.87. The molecule has 0 bridgehead atoms. The van der Waals surface area contributed by atoms with Gasteiger partial charge in [0.05, 0.1) is 13.7 Å². The lowest BCUT2D eigenvalue weighted by Crippen LogP contribution is -2.21. The van der Waals surface area contributed by atoms with Crippen LogP contribution in [0.1, 0.15) is 0 Å². The SMILES string of the molecule is COc1cccc(NC(=O)CNc2ccc(Br)cc2Br)c1. The normalized spacial score (nSPS) is 10.0. The van der Waals surface area contributed by atoms with E-state index in [1.165, 1.54) is 0 Å². The Balaban J connectivity index is 1.92. The molecule has 6 heteroatoms. The first-order valence-electron chi connectivity index (χ1n) is 6.21. The molecular weight excluding hydrogens is 400 g/mol. The number of benzene rings is 2. The van der Waals surface area contributed by atoms with E-state index in [1.54, 1.807) is 13.2 Å². The number of hydrogen-bond acceptors (Lipinski definition) is 3. The summed E-state index contributed by atoms with van der Waals surface area (Å²) in [6.07, 6.45) is 0. The first-order chi connectivity index (χ1) is 10.1. The molecule has 0 aromatic heterocycles. The van der Waals surface area contributed by atoms with Crippen LogP contribution in [0.4, 0.5) is 11.4 Å². The Morgan fingerprint density at radius 3 is 2.71 bits per heavy atom. The van der Waals surface area contributed by atoms with Crippen molar-refractivity contribution in [2.75, 3.05) is 24.3 Å². The summed E-state index contributed by atoms with van der Waals surface area (Å²) in [5.74, 6) is 0.578. The third-order valence-electron chi connectivity index (χ3n) is 2.72. The Kier molecular flexibility index (Phi) is 5.64. The Labute approximate surface area is 140 Å². The van der Waals surface area contributed by atoms with E-state index in [0.29, 0.717) is 11.4 Å². The van der Waals surface area contributed by atoms with Crippen LogP contribution >= 0.6 is 31.9 Å². The second kappa shape index (κ2) is 7.47. The number of halogens is 2. The lowest BCUT2D eigenvalue weighted by molar-refractivity contribution is -0.114. The van der Waals surface area contributed by atoms with Crippen LogP contribution < -0.4 is 15.4 Å². The Bertz CT molecular complexity index is 647. The maximum atomic E-state index is 11.9. The van der Waals surface area contributed by atoms with Gasteiger partial charge in [0.25, 0.3) is 0 Å². The van der Waals surface area contributed by atoms with Crippen LogP contribution in [-0.4, -0.2) is 19.6 Å². The summed E-state index contributed by atoms with van der Waals surface area (Å²) in [6, 6.07) is 13.0. The lowest BCUT2D eigenvalue weighted by Gasteiger charge is -2.10. The summed E-state index contributed by atoms with van der Waals surface area (Å²) in [5.41, 5.74) is 1.56. The number of carbonyl (C=O) groups is 1. The van der Waals surface area contributed by atoms with Gasteiger partial charge in [-0.25, -0.2) is 0 Å². The van der Waals surface area contributed by atoms with Crippen molar-refractivity contribution in [1.29, 1.82) is 0 Å². The van der Waals surface area contributed by atoms with Crippen molar-refractivity contribution in [3.8, 4) is 5.75 Å². The average Bonchev–Trinajstić information content (AvgIpc) is 2.46. The van der Waals surface area contributed by atoms with Crippen LogP contribution in [0, 0.1) is 0 Å². The van der Waals surface area contributed by atoms with Gasteiger partial charge in [-0.05, 0) is 46.3 Å². The molecule has 0 radical (unpaired) electrons. The molecule has 0 spiro atoms. The molecule has 2 aromatic carbocycles. The Morgan fingerprint density at radius 2 is 2.00 bits per heavy atom. The van der Waals surface area contributed by atoms with E-state index in [9.17, 15) is 4.79 Å². The molecule has 0 atom stereocenters. The molecule has 1 amide bonds. The van der Waals surface area contributed by atoms with E-state index < -0.39 is 0 Å². The zero-order valence-corrected chi connectivity index (χ0v) is 14.5. The van der Waals surface area contributed by atoms with Crippen LogP contribution in [0.25, 0.3) is 0 Å².